The van der Waals surface area contributed by atoms with E-state index < -0.39 is 12.0 Å². The smallest absolute Gasteiger partial charge is 0.325 e. The van der Waals surface area contributed by atoms with Gasteiger partial charge in [0, 0.05) is 5.69 Å². The predicted molar refractivity (Wildman–Crippen MR) is 51.9 cm³/mol. The van der Waals surface area contributed by atoms with Crippen LogP contribution in [0.1, 0.15) is 12.5 Å². The summed E-state index contributed by atoms with van der Waals surface area (Å²) in [7, 11) is 0. The maximum Gasteiger partial charge on any atom is 0.325 e. The van der Waals surface area contributed by atoms with Gasteiger partial charge in [-0.05, 0) is 25.5 Å². The molecule has 0 aromatic heterocycles. The van der Waals surface area contributed by atoms with Crippen molar-refractivity contribution >= 4 is 11.7 Å². The van der Waals surface area contributed by atoms with Gasteiger partial charge in [-0.1, -0.05) is 18.2 Å². The van der Waals surface area contributed by atoms with Crippen molar-refractivity contribution in [2.75, 3.05) is 5.32 Å². The lowest BCUT2D eigenvalue weighted by Crippen LogP contribution is -2.25. The van der Waals surface area contributed by atoms with Crippen LogP contribution >= 0.6 is 0 Å². The van der Waals surface area contributed by atoms with Crippen molar-refractivity contribution in [2.24, 2.45) is 0 Å². The first kappa shape index (κ1) is 9.58. The Morgan fingerprint density at radius 3 is 2.62 bits per heavy atom. The summed E-state index contributed by atoms with van der Waals surface area (Å²) >= 11 is 0. The molecule has 0 saturated heterocycles. The summed E-state index contributed by atoms with van der Waals surface area (Å²) in [4.78, 5) is 10.6. The third-order valence-corrected chi connectivity index (χ3v) is 1.89. The number of hydrogen-bond donors (Lipinski definition) is 2. The predicted octanol–water partition coefficient (Wildman–Crippen LogP) is 1.88. The number of carboxylic acids is 1. The van der Waals surface area contributed by atoms with Crippen LogP contribution in [-0.2, 0) is 4.79 Å². The lowest BCUT2D eigenvalue weighted by molar-refractivity contribution is -0.137. The van der Waals surface area contributed by atoms with E-state index >= 15 is 0 Å². The Kier molecular flexibility index (Phi) is 2.90. The molecule has 0 aliphatic heterocycles. The molecule has 70 valence electrons. The molecule has 13 heavy (non-hydrogen) atoms. The summed E-state index contributed by atoms with van der Waals surface area (Å²) in [5.74, 6) is -0.844. The zero-order chi connectivity index (χ0) is 9.84. The fourth-order valence-electron chi connectivity index (χ4n) is 1.03. The van der Waals surface area contributed by atoms with Crippen molar-refractivity contribution in [2.45, 2.75) is 19.9 Å². The van der Waals surface area contributed by atoms with E-state index in [4.69, 9.17) is 5.11 Å². The van der Waals surface area contributed by atoms with Gasteiger partial charge in [0.2, 0.25) is 0 Å². The first-order valence-electron chi connectivity index (χ1n) is 4.16. The van der Waals surface area contributed by atoms with Crippen LogP contribution in [0, 0.1) is 6.92 Å². The number of para-hydroxylation sites is 1. The molecule has 0 spiro atoms. The minimum absolute atomic E-state index is 0.555. The van der Waals surface area contributed by atoms with E-state index in [-0.39, 0.29) is 0 Å². The second kappa shape index (κ2) is 3.94. The molecule has 0 saturated carbocycles. The Labute approximate surface area is 77.4 Å². The number of aryl methyl sites for hydroxylation is 1. The van der Waals surface area contributed by atoms with Crippen molar-refractivity contribution in [3.05, 3.63) is 29.8 Å². The van der Waals surface area contributed by atoms with Gasteiger partial charge in [-0.2, -0.15) is 0 Å². The molecule has 0 radical (unpaired) electrons. The number of rotatable bonds is 3. The fraction of sp³-hybridized carbons (Fsp3) is 0.300. The highest BCUT2D eigenvalue weighted by molar-refractivity contribution is 5.77. The van der Waals surface area contributed by atoms with Crippen LogP contribution in [0.15, 0.2) is 24.3 Å². The summed E-state index contributed by atoms with van der Waals surface area (Å²) in [5.41, 5.74) is 1.92. The van der Waals surface area contributed by atoms with Gasteiger partial charge in [-0.15, -0.1) is 0 Å². The molecule has 3 nitrogen and oxygen atoms in total. The molecule has 0 amide bonds. The van der Waals surface area contributed by atoms with Gasteiger partial charge < -0.3 is 10.4 Å². The summed E-state index contributed by atoms with van der Waals surface area (Å²) in [6.07, 6.45) is 0. The Balaban J connectivity index is 2.74. The quantitative estimate of drug-likeness (QED) is 0.744. The van der Waals surface area contributed by atoms with Gasteiger partial charge in [-0.25, -0.2) is 0 Å². The maximum absolute atomic E-state index is 10.6. The van der Waals surface area contributed by atoms with Crippen molar-refractivity contribution < 1.29 is 9.90 Å². The van der Waals surface area contributed by atoms with E-state index in [0.717, 1.165) is 11.3 Å². The van der Waals surface area contributed by atoms with Gasteiger partial charge in [0.25, 0.3) is 0 Å². The van der Waals surface area contributed by atoms with Crippen LogP contribution in [0.25, 0.3) is 0 Å². The number of carbonyl (C=O) groups is 1. The van der Waals surface area contributed by atoms with E-state index in [1.807, 2.05) is 31.2 Å². The molecule has 2 N–H and O–H groups in total. The number of hydrogen-bond acceptors (Lipinski definition) is 2. The second-order valence-corrected chi connectivity index (χ2v) is 3.02. The molecular formula is C10H13NO2. The van der Waals surface area contributed by atoms with Gasteiger partial charge in [0.05, 0.1) is 0 Å². The minimum atomic E-state index is -0.844. The molecule has 0 fully saturated rings. The number of benzene rings is 1. The Hall–Kier alpha value is -1.51. The molecule has 0 unspecified atom stereocenters. The van der Waals surface area contributed by atoms with Crippen molar-refractivity contribution in [1.29, 1.82) is 0 Å². The fourth-order valence-corrected chi connectivity index (χ4v) is 1.03. The summed E-state index contributed by atoms with van der Waals surface area (Å²) < 4.78 is 0. The highest BCUT2D eigenvalue weighted by atomic mass is 16.4. The first-order valence-corrected chi connectivity index (χ1v) is 4.16. The second-order valence-electron chi connectivity index (χ2n) is 3.02. The van der Waals surface area contributed by atoms with Crippen molar-refractivity contribution in [3.63, 3.8) is 0 Å². The van der Waals surface area contributed by atoms with E-state index in [9.17, 15) is 4.79 Å². The largest absolute Gasteiger partial charge is 0.480 e. The number of nitrogens with one attached hydrogen (secondary N) is 1. The molecule has 3 heteroatoms. The zero-order valence-corrected chi connectivity index (χ0v) is 7.74. The Bertz CT molecular complexity index is 310. The van der Waals surface area contributed by atoms with Crippen molar-refractivity contribution in [3.8, 4) is 0 Å². The van der Waals surface area contributed by atoms with E-state index in [0.29, 0.717) is 0 Å². The molecular weight excluding hydrogens is 166 g/mol. The molecule has 0 bridgehead atoms. The molecule has 1 atom stereocenters. The van der Waals surface area contributed by atoms with Crippen LogP contribution in [-0.4, -0.2) is 17.1 Å². The standard InChI is InChI=1S/C10H13NO2/c1-7-5-3-4-6-9(7)11-8(2)10(12)13/h3-6,8,11H,1-2H3,(H,12,13)/t8-/m1/s1. The zero-order valence-electron chi connectivity index (χ0n) is 7.74. The Morgan fingerprint density at radius 1 is 1.46 bits per heavy atom. The SMILES string of the molecule is Cc1ccccc1N[C@H](C)C(=O)O. The number of carboxylic acid groups (broad SMARTS) is 1. The number of anilines is 1. The van der Waals surface area contributed by atoms with E-state index in [1.54, 1.807) is 6.92 Å². The summed E-state index contributed by atoms with van der Waals surface area (Å²) in [5, 5.41) is 11.6. The molecule has 0 aliphatic rings. The van der Waals surface area contributed by atoms with Gasteiger partial charge in [-0.3, -0.25) is 4.79 Å². The Morgan fingerprint density at radius 2 is 2.08 bits per heavy atom. The minimum Gasteiger partial charge on any atom is -0.480 e. The lowest BCUT2D eigenvalue weighted by atomic mass is 10.2. The van der Waals surface area contributed by atoms with E-state index in [2.05, 4.69) is 5.32 Å². The van der Waals surface area contributed by atoms with Crippen LogP contribution in [0.2, 0.25) is 0 Å². The number of aliphatic carboxylic acids is 1. The van der Waals surface area contributed by atoms with Crippen molar-refractivity contribution in [1.82, 2.24) is 0 Å². The van der Waals surface area contributed by atoms with Gasteiger partial charge in [0.15, 0.2) is 0 Å². The monoisotopic (exact) mass is 179 g/mol. The maximum atomic E-state index is 10.6. The topological polar surface area (TPSA) is 49.3 Å². The first-order chi connectivity index (χ1) is 6.11. The normalized spacial score (nSPS) is 12.2. The van der Waals surface area contributed by atoms with E-state index in [1.165, 1.54) is 0 Å². The molecule has 0 heterocycles. The molecule has 0 aliphatic carbocycles. The average Bonchev–Trinajstić information content (AvgIpc) is 2.08. The summed E-state index contributed by atoms with van der Waals surface area (Å²) in [6, 6.07) is 7.06. The molecule has 1 aromatic carbocycles. The third-order valence-electron chi connectivity index (χ3n) is 1.89. The van der Waals surface area contributed by atoms with Gasteiger partial charge >= 0.3 is 5.97 Å². The molecule has 1 rings (SSSR count). The van der Waals surface area contributed by atoms with Crippen LogP contribution < -0.4 is 5.32 Å². The highest BCUT2D eigenvalue weighted by Gasteiger charge is 2.10. The highest BCUT2D eigenvalue weighted by Crippen LogP contribution is 2.13. The third kappa shape index (κ3) is 2.47. The average molecular weight is 179 g/mol. The van der Waals surface area contributed by atoms with Gasteiger partial charge in [0.1, 0.15) is 6.04 Å². The summed E-state index contributed by atoms with van der Waals surface area (Å²) in [6.45, 7) is 3.56. The van der Waals surface area contributed by atoms with Crippen LogP contribution in [0.4, 0.5) is 5.69 Å². The van der Waals surface area contributed by atoms with Crippen LogP contribution in [0.3, 0.4) is 0 Å². The lowest BCUT2D eigenvalue weighted by Gasteiger charge is -2.12. The molecule has 1 aromatic rings. The van der Waals surface area contributed by atoms with Crippen LogP contribution in [0.5, 0.6) is 0 Å².